The smallest absolute Gasteiger partial charge is 0.408 e. The fourth-order valence-corrected chi connectivity index (χ4v) is 6.42. The summed E-state index contributed by atoms with van der Waals surface area (Å²) in [5, 5.41) is 22.6. The number of ether oxygens (including phenoxy) is 2. The number of aliphatic carboxylic acids is 1. The van der Waals surface area contributed by atoms with Gasteiger partial charge in [-0.15, -0.1) is 0 Å². The third-order valence-electron chi connectivity index (χ3n) is 9.25. The molecule has 0 aliphatic rings. The number of methoxy groups -OCH3 is 1. The van der Waals surface area contributed by atoms with Crippen molar-refractivity contribution >= 4 is 57.4 Å². The van der Waals surface area contributed by atoms with Crippen LogP contribution >= 0.6 is 0 Å². The van der Waals surface area contributed by atoms with Crippen LogP contribution in [0.3, 0.4) is 0 Å². The molecule has 0 radical (unpaired) electrons. The van der Waals surface area contributed by atoms with Gasteiger partial charge in [-0.2, -0.15) is 0 Å². The van der Waals surface area contributed by atoms with Crippen LogP contribution in [0.25, 0.3) is 21.7 Å². The van der Waals surface area contributed by atoms with Crippen molar-refractivity contribution in [1.82, 2.24) is 26.3 Å². The van der Waals surface area contributed by atoms with Crippen LogP contribution in [0.15, 0.2) is 97.2 Å². The van der Waals surface area contributed by atoms with Crippen molar-refractivity contribution < 1.29 is 43.3 Å². The van der Waals surface area contributed by atoms with Crippen LogP contribution in [0.5, 0.6) is 5.75 Å². The Morgan fingerprint density at radius 3 is 1.95 bits per heavy atom. The summed E-state index contributed by atoms with van der Waals surface area (Å²) >= 11 is 0. The van der Waals surface area contributed by atoms with Crippen molar-refractivity contribution in [2.24, 2.45) is 5.73 Å². The number of alkyl carbamates (subject to hydrolysis) is 1. The highest BCUT2D eigenvalue weighted by atomic mass is 16.6. The minimum absolute atomic E-state index is 0.0194. The number of nitrogens with one attached hydrogen (secondary N) is 5. The molecule has 15 nitrogen and oxygen atoms in total. The Labute approximate surface area is 335 Å². The molecule has 5 aromatic rings. The standard InChI is InChI=1S/C43H48N6O9/c1-43(2,3)58-42(56)49-35(21-29-24-45-32-17-16-30(57-4)22-31(29)32)40(54)47-34(20-26-14-15-27-12-8-9-13-28(27)18-26)39(53)48-36(23-37(50)51)41(55)46-33(38(44)52)19-25-10-6-5-7-11-25/h5-18,22,24,33-36,45H,19-21,23H2,1-4H3,(H2,44,52)(H,46,55)(H,47,54)(H,48,53)(H,49,56)(H,50,51)/t33-,34-,35?,36-/m0/s1. The summed E-state index contributed by atoms with van der Waals surface area (Å²) in [6.07, 6.45) is -0.137. The molecule has 4 aromatic carbocycles. The highest BCUT2D eigenvalue weighted by Gasteiger charge is 2.33. The molecule has 0 fully saturated rings. The van der Waals surface area contributed by atoms with Gasteiger partial charge in [-0.25, -0.2) is 4.79 Å². The number of nitrogens with two attached hydrogens (primary N) is 1. The number of carbonyl (C=O) groups excluding carboxylic acids is 5. The van der Waals surface area contributed by atoms with Gasteiger partial charge in [0, 0.05) is 36.4 Å². The molecule has 0 saturated heterocycles. The summed E-state index contributed by atoms with van der Waals surface area (Å²) in [6.45, 7) is 5.03. The topological polar surface area (TPSA) is 231 Å². The van der Waals surface area contributed by atoms with E-state index in [-0.39, 0.29) is 19.3 Å². The largest absolute Gasteiger partial charge is 0.497 e. The van der Waals surface area contributed by atoms with Crippen molar-refractivity contribution in [3.05, 3.63) is 114 Å². The molecule has 0 spiro atoms. The van der Waals surface area contributed by atoms with Gasteiger partial charge in [0.25, 0.3) is 0 Å². The lowest BCUT2D eigenvalue weighted by Crippen LogP contribution is -2.59. The zero-order valence-electron chi connectivity index (χ0n) is 32.7. The first-order chi connectivity index (χ1) is 27.6. The predicted molar refractivity (Wildman–Crippen MR) is 217 cm³/mol. The Bertz CT molecular complexity index is 2280. The maximum absolute atomic E-state index is 14.3. The molecule has 0 aliphatic heterocycles. The SMILES string of the molecule is COc1ccc2[nH]cc(CC(NC(=O)OC(C)(C)C)C(=O)N[C@@H](Cc3ccc4ccccc4c3)C(=O)N[C@@H](CC(=O)O)C(=O)N[C@@H](Cc3ccccc3)C(N)=O)c2c1. The number of carboxylic acids is 1. The molecule has 0 bridgehead atoms. The van der Waals surface area contributed by atoms with E-state index in [1.165, 1.54) is 7.11 Å². The molecule has 1 aromatic heterocycles. The number of benzene rings is 4. The number of aromatic nitrogens is 1. The second-order valence-electron chi connectivity index (χ2n) is 14.9. The number of primary amides is 1. The molecule has 0 aliphatic carbocycles. The molecule has 58 heavy (non-hydrogen) atoms. The first kappa shape index (κ1) is 42.2. The normalized spacial score (nSPS) is 13.4. The maximum atomic E-state index is 14.3. The van der Waals surface area contributed by atoms with Crippen molar-refractivity contribution in [3.8, 4) is 5.75 Å². The number of carbonyl (C=O) groups is 6. The minimum Gasteiger partial charge on any atom is -0.497 e. The van der Waals surface area contributed by atoms with Crippen LogP contribution in [0.2, 0.25) is 0 Å². The van der Waals surface area contributed by atoms with E-state index in [0.717, 1.165) is 21.7 Å². The summed E-state index contributed by atoms with van der Waals surface area (Å²) < 4.78 is 10.9. The Kier molecular flexibility index (Phi) is 13.7. The quantitative estimate of drug-likeness (QED) is 0.0728. The average Bonchev–Trinajstić information content (AvgIpc) is 3.57. The number of amides is 5. The number of carboxylic acid groups (broad SMARTS) is 1. The van der Waals surface area contributed by atoms with Crippen molar-refractivity contribution in [2.75, 3.05) is 7.11 Å². The second-order valence-corrected chi connectivity index (χ2v) is 14.9. The van der Waals surface area contributed by atoms with E-state index in [0.29, 0.717) is 22.4 Å². The van der Waals surface area contributed by atoms with Gasteiger partial charge in [-0.05, 0) is 66.4 Å². The molecular weight excluding hydrogens is 745 g/mol. The fourth-order valence-electron chi connectivity index (χ4n) is 6.42. The minimum atomic E-state index is -1.67. The molecule has 5 rings (SSSR count). The van der Waals surface area contributed by atoms with E-state index in [9.17, 15) is 33.9 Å². The van der Waals surface area contributed by atoms with Crippen LogP contribution in [0.4, 0.5) is 4.79 Å². The zero-order valence-corrected chi connectivity index (χ0v) is 32.7. The molecule has 5 amide bonds. The molecule has 15 heteroatoms. The highest BCUT2D eigenvalue weighted by Crippen LogP contribution is 2.25. The van der Waals surface area contributed by atoms with Crippen LogP contribution in [-0.2, 0) is 48.0 Å². The summed E-state index contributed by atoms with van der Waals surface area (Å²) in [4.78, 5) is 82.8. The molecular formula is C43H48N6O9. The monoisotopic (exact) mass is 792 g/mol. The number of hydrogen-bond donors (Lipinski definition) is 7. The molecule has 8 N–H and O–H groups in total. The van der Waals surface area contributed by atoms with E-state index in [1.54, 1.807) is 75.5 Å². The Morgan fingerprint density at radius 2 is 1.29 bits per heavy atom. The van der Waals surface area contributed by atoms with Gasteiger partial charge < -0.3 is 46.6 Å². The van der Waals surface area contributed by atoms with Crippen molar-refractivity contribution in [1.29, 1.82) is 0 Å². The first-order valence-electron chi connectivity index (χ1n) is 18.7. The number of fused-ring (bicyclic) bond motifs is 2. The van der Waals surface area contributed by atoms with Crippen molar-refractivity contribution in [3.63, 3.8) is 0 Å². The molecule has 1 heterocycles. The number of rotatable bonds is 17. The molecule has 4 atom stereocenters. The summed E-state index contributed by atoms with van der Waals surface area (Å²) in [5.41, 5.74) is 7.43. The molecule has 304 valence electrons. The van der Waals surface area contributed by atoms with Gasteiger partial charge in [0.1, 0.15) is 35.5 Å². The van der Waals surface area contributed by atoms with E-state index < -0.39 is 71.9 Å². The summed E-state index contributed by atoms with van der Waals surface area (Å²) in [7, 11) is 1.53. The lowest BCUT2D eigenvalue weighted by Gasteiger charge is -2.27. The Balaban J connectivity index is 1.45. The lowest BCUT2D eigenvalue weighted by molar-refractivity contribution is -0.141. The number of hydrogen-bond acceptors (Lipinski definition) is 8. The van der Waals surface area contributed by atoms with Gasteiger partial charge in [-0.1, -0.05) is 72.8 Å². The van der Waals surface area contributed by atoms with Gasteiger partial charge in [0.2, 0.25) is 23.6 Å². The van der Waals surface area contributed by atoms with Crippen LogP contribution in [0, 0.1) is 0 Å². The van der Waals surface area contributed by atoms with Gasteiger partial charge in [-0.3, -0.25) is 24.0 Å². The highest BCUT2D eigenvalue weighted by molar-refractivity contribution is 5.97. The predicted octanol–water partition coefficient (Wildman–Crippen LogP) is 3.67. The van der Waals surface area contributed by atoms with Crippen LogP contribution < -0.4 is 31.7 Å². The second kappa shape index (κ2) is 18.8. The maximum Gasteiger partial charge on any atom is 0.408 e. The van der Waals surface area contributed by atoms with Gasteiger partial charge in [0.15, 0.2) is 0 Å². The van der Waals surface area contributed by atoms with Gasteiger partial charge in [0.05, 0.1) is 13.5 Å². The van der Waals surface area contributed by atoms with E-state index in [1.807, 2.05) is 42.5 Å². The molecule has 0 saturated carbocycles. The van der Waals surface area contributed by atoms with E-state index in [4.69, 9.17) is 15.2 Å². The first-order valence-corrected chi connectivity index (χ1v) is 18.7. The van der Waals surface area contributed by atoms with E-state index >= 15 is 0 Å². The number of H-pyrrole nitrogens is 1. The lowest BCUT2D eigenvalue weighted by atomic mass is 9.99. The zero-order chi connectivity index (χ0) is 42.0. The third-order valence-corrected chi connectivity index (χ3v) is 9.25. The van der Waals surface area contributed by atoms with Crippen LogP contribution in [0.1, 0.15) is 43.9 Å². The fraction of sp³-hybridized carbons (Fsp3) is 0.302. The summed E-state index contributed by atoms with van der Waals surface area (Å²) in [5.74, 6) is -4.33. The Morgan fingerprint density at radius 1 is 0.690 bits per heavy atom. The van der Waals surface area contributed by atoms with Crippen LogP contribution in [-0.4, -0.2) is 82.7 Å². The van der Waals surface area contributed by atoms with Crippen molar-refractivity contribution in [2.45, 2.75) is 76.2 Å². The summed E-state index contributed by atoms with van der Waals surface area (Å²) in [6, 6.07) is 21.6. The average molecular weight is 793 g/mol. The van der Waals surface area contributed by atoms with E-state index in [2.05, 4.69) is 26.3 Å². The third kappa shape index (κ3) is 11.8. The number of aromatic amines is 1. The Hall–Kier alpha value is -6.90. The molecule has 1 unspecified atom stereocenters. The van der Waals surface area contributed by atoms with Gasteiger partial charge >= 0.3 is 12.1 Å².